The van der Waals surface area contributed by atoms with Gasteiger partial charge in [-0.3, -0.25) is 9.97 Å². The Morgan fingerprint density at radius 2 is 1.18 bits per heavy atom. The van der Waals surface area contributed by atoms with Gasteiger partial charge in [0.15, 0.2) is 0 Å². The minimum atomic E-state index is -0.896. The van der Waals surface area contributed by atoms with Crippen LogP contribution in [0.3, 0.4) is 0 Å². The normalized spacial score (nSPS) is 11.9. The number of nitrogens with one attached hydrogen (secondary N) is 1. The maximum absolute atomic E-state index is 9.94. The summed E-state index contributed by atoms with van der Waals surface area (Å²) < 4.78 is 27.1. The molecule has 0 spiro atoms. The Hall–Kier alpha value is -5.88. The van der Waals surface area contributed by atoms with Crippen molar-refractivity contribution in [2.75, 3.05) is 19.8 Å². The highest BCUT2D eigenvalue weighted by Gasteiger charge is 2.18. The van der Waals surface area contributed by atoms with Gasteiger partial charge in [-0.25, -0.2) is 0 Å². The summed E-state index contributed by atoms with van der Waals surface area (Å²) in [6.45, 7) is 4.89. The van der Waals surface area contributed by atoms with Crippen LogP contribution in [-0.2, 0) is 39.4 Å². The van der Waals surface area contributed by atoms with E-state index in [2.05, 4.69) is 78.3 Å². The van der Waals surface area contributed by atoms with Gasteiger partial charge in [0.05, 0.1) is 41.0 Å². The predicted molar refractivity (Wildman–Crippen MR) is 256 cm³/mol. The number of aliphatic hydroxyl groups excluding tert-OH is 4. The van der Waals surface area contributed by atoms with Gasteiger partial charge in [-0.15, -0.1) is 0 Å². The monoisotopic (exact) mass is 1020 g/mol. The molecule has 6 rings (SSSR count). The second-order valence-electron chi connectivity index (χ2n) is 15.7. The third-order valence-corrected chi connectivity index (χ3v) is 12.2. The molecule has 0 amide bonds. The first-order valence-corrected chi connectivity index (χ1v) is 22.9. The molecule has 6 aromatic rings. The van der Waals surface area contributed by atoms with Gasteiger partial charge in [-0.2, -0.15) is 10.5 Å². The minimum Gasteiger partial charge on any atom is -0.489 e. The molecule has 342 valence electrons. The average Bonchev–Trinajstić information content (AvgIpc) is 3.33. The van der Waals surface area contributed by atoms with Crippen molar-refractivity contribution in [3.8, 4) is 46.3 Å². The van der Waals surface area contributed by atoms with Crippen molar-refractivity contribution in [1.29, 1.82) is 10.5 Å². The van der Waals surface area contributed by atoms with E-state index < -0.39 is 12.2 Å². The van der Waals surface area contributed by atoms with Crippen molar-refractivity contribution in [2.24, 2.45) is 0 Å². The van der Waals surface area contributed by atoms with Crippen molar-refractivity contribution in [3.05, 3.63) is 162 Å². The number of hydrogen-bond donors (Lipinski definition) is 5. The summed E-state index contributed by atoms with van der Waals surface area (Å²) in [6.07, 6.45) is 6.29. The molecule has 0 aliphatic heterocycles. The Labute approximate surface area is 401 Å². The SMILES string of the molecule is Cc1c(COc2cc(OCc3cncc(C#N)c3)c(CCC[C@H](O)CO)cc2Br)cccc1-c1cccc(OCc2cc(OCc3cncc(C#N)c3)c(CNC[C@H](O)CO)cc2Br)c1C. The van der Waals surface area contributed by atoms with Gasteiger partial charge in [-0.05, 0) is 119 Å². The number of nitriles is 2. The fourth-order valence-electron chi connectivity index (χ4n) is 7.18. The fourth-order valence-corrected chi connectivity index (χ4v) is 8.19. The average molecular weight is 1020 g/mol. The maximum atomic E-state index is 9.94. The van der Waals surface area contributed by atoms with Gasteiger partial charge in [0.1, 0.15) is 61.6 Å². The Morgan fingerprint density at radius 1 is 0.606 bits per heavy atom. The van der Waals surface area contributed by atoms with Crippen molar-refractivity contribution >= 4 is 31.9 Å². The molecule has 4 aromatic carbocycles. The van der Waals surface area contributed by atoms with E-state index in [0.29, 0.717) is 59.9 Å². The number of aryl methyl sites for hydroxylation is 1. The lowest BCUT2D eigenvalue weighted by Crippen LogP contribution is -2.29. The lowest BCUT2D eigenvalue weighted by molar-refractivity contribution is 0.0866. The number of aromatic nitrogens is 2. The first-order valence-electron chi connectivity index (χ1n) is 21.3. The van der Waals surface area contributed by atoms with Crippen LogP contribution in [-0.4, -0.2) is 62.4 Å². The standard InChI is InChI=1S/C51H51Br2N5O8/c1-32-39(30-66-51-17-50(64-29-37-13-35(19-55)21-57-23-37)38(14-47(51)53)6-3-8-42(61)26-59)7-4-9-44(32)45-10-5-11-48(33(45)2)65-31-41-16-49(63-28-36-12-34(18-54)20-56-22-36)40(15-46(41)52)24-58-25-43(62)27-60/h4-5,7,9-17,20-23,42-43,58-62H,3,6,8,24-31H2,1-2H3/t42-,43-/m0/s1. The van der Waals surface area contributed by atoms with Crippen LogP contribution >= 0.6 is 31.9 Å². The van der Waals surface area contributed by atoms with Gasteiger partial charge in [0.25, 0.3) is 0 Å². The predicted octanol–water partition coefficient (Wildman–Crippen LogP) is 8.46. The Balaban J connectivity index is 1.18. The van der Waals surface area contributed by atoms with Gasteiger partial charge in [0, 0.05) is 70.7 Å². The fraction of sp³-hybridized carbons (Fsp3) is 0.294. The van der Waals surface area contributed by atoms with Gasteiger partial charge in [0.2, 0.25) is 0 Å². The van der Waals surface area contributed by atoms with Crippen molar-refractivity contribution < 1.29 is 39.4 Å². The van der Waals surface area contributed by atoms with Crippen LogP contribution in [0.15, 0.2) is 107 Å². The summed E-state index contributed by atoms with van der Waals surface area (Å²) in [7, 11) is 0. The number of halogens is 2. The Morgan fingerprint density at radius 3 is 1.83 bits per heavy atom. The van der Waals surface area contributed by atoms with Crippen molar-refractivity contribution in [2.45, 2.75) is 78.3 Å². The van der Waals surface area contributed by atoms with E-state index >= 15 is 0 Å². The van der Waals surface area contributed by atoms with E-state index in [0.717, 1.165) is 64.6 Å². The first-order chi connectivity index (χ1) is 32.0. The molecule has 0 fully saturated rings. The Kier molecular flexibility index (Phi) is 18.5. The molecular formula is C51H51Br2N5O8. The van der Waals surface area contributed by atoms with E-state index in [4.69, 9.17) is 18.9 Å². The molecule has 13 nitrogen and oxygen atoms in total. The third-order valence-electron chi connectivity index (χ3n) is 10.9. The molecule has 0 saturated heterocycles. The van der Waals surface area contributed by atoms with E-state index in [1.165, 1.54) is 12.4 Å². The minimum absolute atomic E-state index is 0.179. The van der Waals surface area contributed by atoms with Crippen LogP contribution in [0.1, 0.15) is 68.5 Å². The van der Waals surface area contributed by atoms with Crippen LogP contribution in [0, 0.1) is 36.5 Å². The van der Waals surface area contributed by atoms with E-state index in [1.54, 1.807) is 24.5 Å². The number of ether oxygens (including phenoxy) is 4. The van der Waals surface area contributed by atoms with Crippen LogP contribution in [0.4, 0.5) is 0 Å². The zero-order chi connectivity index (χ0) is 47.0. The topological polar surface area (TPSA) is 203 Å². The molecule has 2 heterocycles. The van der Waals surface area contributed by atoms with Crippen LogP contribution < -0.4 is 24.3 Å². The number of aliphatic hydroxyl groups is 4. The lowest BCUT2D eigenvalue weighted by atomic mass is 9.93. The zero-order valence-corrected chi connectivity index (χ0v) is 39.8. The number of pyridine rings is 2. The van der Waals surface area contributed by atoms with Crippen LogP contribution in [0.5, 0.6) is 23.0 Å². The molecule has 0 unspecified atom stereocenters. The van der Waals surface area contributed by atoms with Gasteiger partial charge < -0.3 is 44.7 Å². The molecule has 66 heavy (non-hydrogen) atoms. The number of rotatable bonds is 23. The summed E-state index contributed by atoms with van der Waals surface area (Å²) in [6, 6.07) is 27.5. The second-order valence-corrected chi connectivity index (χ2v) is 17.4. The summed E-state index contributed by atoms with van der Waals surface area (Å²) in [5.74, 6) is 2.49. The number of nitrogens with zero attached hydrogens (tertiary/aromatic N) is 4. The highest BCUT2D eigenvalue weighted by Crippen LogP contribution is 2.38. The summed E-state index contributed by atoms with van der Waals surface area (Å²) in [5.41, 5.74) is 9.96. The van der Waals surface area contributed by atoms with Crippen molar-refractivity contribution in [3.63, 3.8) is 0 Å². The molecule has 5 N–H and O–H groups in total. The van der Waals surface area contributed by atoms with Crippen LogP contribution in [0.25, 0.3) is 11.1 Å². The maximum Gasteiger partial charge on any atom is 0.137 e. The Bertz CT molecular complexity index is 2510. The highest BCUT2D eigenvalue weighted by atomic mass is 79.9. The number of benzene rings is 4. The smallest absolute Gasteiger partial charge is 0.137 e. The highest BCUT2D eigenvalue weighted by molar-refractivity contribution is 9.10. The van der Waals surface area contributed by atoms with E-state index in [9.17, 15) is 30.9 Å². The molecule has 0 radical (unpaired) electrons. The molecule has 0 bridgehead atoms. The molecular weight excluding hydrogens is 970 g/mol. The molecule has 0 aliphatic carbocycles. The van der Waals surface area contributed by atoms with Gasteiger partial charge in [-0.1, -0.05) is 46.3 Å². The van der Waals surface area contributed by atoms with Crippen molar-refractivity contribution in [1.82, 2.24) is 15.3 Å². The van der Waals surface area contributed by atoms with E-state index in [-0.39, 0.29) is 46.2 Å². The molecule has 2 atom stereocenters. The second kappa shape index (κ2) is 24.6. The zero-order valence-electron chi connectivity index (χ0n) is 36.6. The van der Waals surface area contributed by atoms with E-state index in [1.807, 2.05) is 55.5 Å². The molecule has 2 aromatic heterocycles. The third kappa shape index (κ3) is 13.6. The van der Waals surface area contributed by atoms with Crippen LogP contribution in [0.2, 0.25) is 0 Å². The first kappa shape index (κ1) is 49.6. The van der Waals surface area contributed by atoms with Gasteiger partial charge >= 0.3 is 0 Å². The summed E-state index contributed by atoms with van der Waals surface area (Å²) >= 11 is 7.43. The molecule has 0 aliphatic rings. The summed E-state index contributed by atoms with van der Waals surface area (Å²) in [4.78, 5) is 8.30. The molecule has 15 heteroatoms. The number of hydrogen-bond acceptors (Lipinski definition) is 13. The summed E-state index contributed by atoms with van der Waals surface area (Å²) in [5, 5.41) is 60.3. The largest absolute Gasteiger partial charge is 0.489 e. The molecule has 0 saturated carbocycles. The lowest BCUT2D eigenvalue weighted by Gasteiger charge is -2.19. The quantitative estimate of drug-likeness (QED) is 0.0409.